The Morgan fingerprint density at radius 1 is 1.00 bits per heavy atom. The smallest absolute Gasteiger partial charge is 0.196 e. The van der Waals surface area contributed by atoms with Crippen molar-refractivity contribution >= 4 is 22.6 Å². The van der Waals surface area contributed by atoms with Crippen molar-refractivity contribution in [2.45, 2.75) is 35.3 Å². The molecule has 6 heteroatoms. The van der Waals surface area contributed by atoms with Crippen molar-refractivity contribution in [1.29, 1.82) is 0 Å². The summed E-state index contributed by atoms with van der Waals surface area (Å²) in [6.07, 6.45) is -4.51. The maximum atomic E-state index is 12.8. The fraction of sp³-hybridized carbons (Fsp3) is 1.00. The molecular formula is C7H8F5I. The first-order valence-electron chi connectivity index (χ1n) is 3.85. The Balaban J connectivity index is 2.80. The highest BCUT2D eigenvalue weighted by molar-refractivity contribution is 14.1. The van der Waals surface area contributed by atoms with E-state index in [-0.39, 0.29) is 6.42 Å². The maximum Gasteiger partial charge on any atom is 0.453 e. The van der Waals surface area contributed by atoms with Gasteiger partial charge in [0, 0.05) is 9.84 Å². The molecule has 2 unspecified atom stereocenters. The summed E-state index contributed by atoms with van der Waals surface area (Å²) >= 11 is 1.68. The molecule has 0 bridgehead atoms. The van der Waals surface area contributed by atoms with E-state index in [1.807, 2.05) is 0 Å². The van der Waals surface area contributed by atoms with Gasteiger partial charge in [-0.1, -0.05) is 29.0 Å². The van der Waals surface area contributed by atoms with Crippen LogP contribution >= 0.6 is 22.6 Å². The van der Waals surface area contributed by atoms with Crippen LogP contribution in [0.4, 0.5) is 22.0 Å². The van der Waals surface area contributed by atoms with Gasteiger partial charge in [0.05, 0.1) is 0 Å². The van der Waals surface area contributed by atoms with Gasteiger partial charge in [-0.2, -0.15) is 22.0 Å². The van der Waals surface area contributed by atoms with E-state index in [2.05, 4.69) is 0 Å². The monoisotopic (exact) mass is 314 g/mol. The van der Waals surface area contributed by atoms with E-state index in [0.29, 0.717) is 12.8 Å². The molecule has 1 aliphatic carbocycles. The fourth-order valence-electron chi connectivity index (χ4n) is 1.53. The van der Waals surface area contributed by atoms with Gasteiger partial charge in [-0.3, -0.25) is 0 Å². The summed E-state index contributed by atoms with van der Waals surface area (Å²) in [5, 5.41) is 0. The molecule has 1 saturated carbocycles. The van der Waals surface area contributed by atoms with Gasteiger partial charge in [0.25, 0.3) is 0 Å². The van der Waals surface area contributed by atoms with Gasteiger partial charge in [-0.05, 0) is 12.8 Å². The molecule has 0 spiro atoms. The van der Waals surface area contributed by atoms with Crippen LogP contribution in [0.2, 0.25) is 0 Å². The lowest BCUT2D eigenvalue weighted by atomic mass is 9.99. The van der Waals surface area contributed by atoms with Crippen LogP contribution in [0.15, 0.2) is 0 Å². The summed E-state index contributed by atoms with van der Waals surface area (Å²) in [6.45, 7) is 0. The second-order valence-electron chi connectivity index (χ2n) is 3.17. The third-order valence-corrected chi connectivity index (χ3v) is 3.77. The van der Waals surface area contributed by atoms with Crippen LogP contribution in [-0.2, 0) is 0 Å². The standard InChI is InChI=1S/C7H8F5I/c8-6(9,7(10,11)12)4-2-1-3-5(4)13/h4-5H,1-3H2. The minimum atomic E-state index is -5.40. The first-order chi connectivity index (χ1) is 5.77. The van der Waals surface area contributed by atoms with Crippen LogP contribution in [0.5, 0.6) is 0 Å². The third-order valence-electron chi connectivity index (χ3n) is 2.28. The number of halogens is 6. The van der Waals surface area contributed by atoms with E-state index in [4.69, 9.17) is 0 Å². The van der Waals surface area contributed by atoms with Crippen molar-refractivity contribution in [3.05, 3.63) is 0 Å². The van der Waals surface area contributed by atoms with E-state index < -0.39 is 21.9 Å². The lowest BCUT2D eigenvalue weighted by Gasteiger charge is -2.27. The lowest BCUT2D eigenvalue weighted by molar-refractivity contribution is -0.300. The first-order valence-corrected chi connectivity index (χ1v) is 5.10. The largest absolute Gasteiger partial charge is 0.453 e. The molecule has 1 fully saturated rings. The molecule has 0 aromatic rings. The molecule has 0 amide bonds. The number of alkyl halides is 6. The normalized spacial score (nSPS) is 30.9. The fourth-order valence-corrected chi connectivity index (χ4v) is 2.79. The Hall–Kier alpha value is 0.380. The minimum absolute atomic E-state index is 0.0277. The Labute approximate surface area is 86.0 Å². The summed E-state index contributed by atoms with van der Waals surface area (Å²) in [6, 6.07) is 0. The SMILES string of the molecule is FC(F)(F)C(F)(F)C1CCCC1I. The zero-order valence-electron chi connectivity index (χ0n) is 6.54. The van der Waals surface area contributed by atoms with Gasteiger partial charge in [0.1, 0.15) is 0 Å². The molecule has 2 atom stereocenters. The average molecular weight is 314 g/mol. The van der Waals surface area contributed by atoms with Gasteiger partial charge in [-0.15, -0.1) is 0 Å². The summed E-state index contributed by atoms with van der Waals surface area (Å²) in [5.74, 6) is -6.05. The average Bonchev–Trinajstić information content (AvgIpc) is 2.32. The molecule has 0 N–H and O–H groups in total. The predicted molar refractivity (Wildman–Crippen MR) is 46.2 cm³/mol. The zero-order valence-corrected chi connectivity index (χ0v) is 8.70. The topological polar surface area (TPSA) is 0 Å². The Kier molecular flexibility index (Phi) is 3.09. The van der Waals surface area contributed by atoms with E-state index in [0.717, 1.165) is 0 Å². The van der Waals surface area contributed by atoms with Crippen molar-refractivity contribution in [1.82, 2.24) is 0 Å². The minimum Gasteiger partial charge on any atom is -0.196 e. The van der Waals surface area contributed by atoms with E-state index in [9.17, 15) is 22.0 Å². The van der Waals surface area contributed by atoms with Gasteiger partial charge in [-0.25, -0.2) is 0 Å². The lowest BCUT2D eigenvalue weighted by Crippen LogP contribution is -2.45. The highest BCUT2D eigenvalue weighted by Gasteiger charge is 2.63. The number of hydrogen-bond donors (Lipinski definition) is 0. The van der Waals surface area contributed by atoms with Crippen LogP contribution < -0.4 is 0 Å². The van der Waals surface area contributed by atoms with Gasteiger partial charge in [0.2, 0.25) is 0 Å². The summed E-state index contributed by atoms with van der Waals surface area (Å²) < 4.78 is 60.7. The van der Waals surface area contributed by atoms with Crippen molar-refractivity contribution in [2.24, 2.45) is 5.92 Å². The van der Waals surface area contributed by atoms with Crippen LogP contribution in [-0.4, -0.2) is 16.0 Å². The predicted octanol–water partition coefficient (Wildman–Crippen LogP) is 3.79. The molecule has 1 rings (SSSR count). The molecule has 13 heavy (non-hydrogen) atoms. The van der Waals surface area contributed by atoms with Crippen molar-refractivity contribution < 1.29 is 22.0 Å². The molecule has 1 aliphatic rings. The Morgan fingerprint density at radius 3 is 1.85 bits per heavy atom. The second-order valence-corrected chi connectivity index (χ2v) is 4.77. The molecule has 0 aromatic heterocycles. The van der Waals surface area contributed by atoms with Crippen molar-refractivity contribution in [3.8, 4) is 0 Å². The molecule has 0 saturated heterocycles. The summed E-state index contributed by atoms with van der Waals surface area (Å²) in [7, 11) is 0. The number of rotatable bonds is 1. The van der Waals surface area contributed by atoms with Gasteiger partial charge >= 0.3 is 12.1 Å². The molecule has 78 valence electrons. The zero-order chi connectivity index (χ0) is 10.3. The molecule has 0 heterocycles. The molecule has 0 nitrogen and oxygen atoms in total. The summed E-state index contributed by atoms with van der Waals surface area (Å²) in [4.78, 5) is 0. The first kappa shape index (κ1) is 11.5. The highest BCUT2D eigenvalue weighted by Crippen LogP contribution is 2.49. The highest BCUT2D eigenvalue weighted by atomic mass is 127. The van der Waals surface area contributed by atoms with Crippen LogP contribution in [0.1, 0.15) is 19.3 Å². The van der Waals surface area contributed by atoms with Gasteiger partial charge in [0.15, 0.2) is 0 Å². The van der Waals surface area contributed by atoms with E-state index >= 15 is 0 Å². The molecule has 0 aromatic carbocycles. The van der Waals surface area contributed by atoms with Crippen LogP contribution in [0, 0.1) is 5.92 Å². The van der Waals surface area contributed by atoms with Crippen LogP contribution in [0.25, 0.3) is 0 Å². The van der Waals surface area contributed by atoms with Crippen molar-refractivity contribution in [3.63, 3.8) is 0 Å². The van der Waals surface area contributed by atoms with E-state index in [1.54, 1.807) is 22.6 Å². The maximum absolute atomic E-state index is 12.8. The number of hydrogen-bond acceptors (Lipinski definition) is 0. The van der Waals surface area contributed by atoms with Gasteiger partial charge < -0.3 is 0 Å². The summed E-state index contributed by atoms with van der Waals surface area (Å²) in [5.41, 5.74) is 0. The molecule has 0 aliphatic heterocycles. The molecular weight excluding hydrogens is 306 g/mol. The second kappa shape index (κ2) is 3.51. The molecule has 0 radical (unpaired) electrons. The Morgan fingerprint density at radius 2 is 1.54 bits per heavy atom. The van der Waals surface area contributed by atoms with Crippen molar-refractivity contribution in [2.75, 3.05) is 0 Å². The van der Waals surface area contributed by atoms with Crippen LogP contribution in [0.3, 0.4) is 0 Å². The quantitative estimate of drug-likeness (QED) is 0.392. The van der Waals surface area contributed by atoms with E-state index in [1.165, 1.54) is 0 Å². The third kappa shape index (κ3) is 2.07. The Bertz CT molecular complexity index is 188.